The summed E-state index contributed by atoms with van der Waals surface area (Å²) in [5.74, 6) is -1.26. The third-order valence-electron chi connectivity index (χ3n) is 6.42. The Hall–Kier alpha value is -2.24. The van der Waals surface area contributed by atoms with Gasteiger partial charge in [-0.15, -0.1) is 0 Å². The van der Waals surface area contributed by atoms with Crippen LogP contribution in [-0.4, -0.2) is 68.0 Å². The zero-order valence-corrected chi connectivity index (χ0v) is 19.3. The predicted octanol–water partition coefficient (Wildman–Crippen LogP) is 2.73. The van der Waals surface area contributed by atoms with E-state index in [-0.39, 0.29) is 37.4 Å². The standard InChI is InChI=1S/C22H28ClF3N4O4/c23-15-1-2-19-18(9-15)27-10-17(34-19)11-28-21(32)13-3-5-30(6-4-13)29-20(31)12-33-16-7-14(8-16)22(24,25)26/h1-2,9,13-14,16-17,27H,3-8,10-12H2,(H,28,32)(H,29,31). The number of amides is 2. The van der Waals surface area contributed by atoms with Crippen molar-refractivity contribution < 1.29 is 32.2 Å². The number of carbonyl (C=O) groups is 2. The van der Waals surface area contributed by atoms with Gasteiger partial charge in [-0.3, -0.25) is 15.0 Å². The monoisotopic (exact) mass is 504 g/mol. The maximum Gasteiger partial charge on any atom is 0.392 e. The number of rotatable bonds is 7. The third kappa shape index (κ3) is 6.45. The van der Waals surface area contributed by atoms with Gasteiger partial charge in [-0.2, -0.15) is 13.2 Å². The van der Waals surface area contributed by atoms with Crippen LogP contribution in [0.4, 0.5) is 18.9 Å². The molecule has 1 saturated carbocycles. The lowest BCUT2D eigenvalue weighted by Gasteiger charge is -2.36. The molecule has 4 rings (SSSR count). The number of halogens is 4. The molecule has 1 atom stereocenters. The largest absolute Gasteiger partial charge is 0.485 e. The first kappa shape index (κ1) is 24.9. The summed E-state index contributed by atoms with van der Waals surface area (Å²) < 4.78 is 48.6. The Morgan fingerprint density at radius 1 is 1.24 bits per heavy atom. The molecule has 0 aromatic heterocycles. The number of fused-ring (bicyclic) bond motifs is 1. The molecule has 34 heavy (non-hydrogen) atoms. The first-order valence-corrected chi connectivity index (χ1v) is 11.8. The second-order valence-corrected chi connectivity index (χ2v) is 9.38. The van der Waals surface area contributed by atoms with Crippen molar-refractivity contribution in [2.45, 2.75) is 44.1 Å². The van der Waals surface area contributed by atoms with E-state index in [4.69, 9.17) is 21.1 Å². The van der Waals surface area contributed by atoms with Gasteiger partial charge in [0, 0.05) is 24.0 Å². The molecule has 2 amide bonds. The second-order valence-electron chi connectivity index (χ2n) is 8.95. The van der Waals surface area contributed by atoms with E-state index in [0.717, 1.165) is 5.69 Å². The summed E-state index contributed by atoms with van der Waals surface area (Å²) in [6.07, 6.45) is -3.96. The lowest BCUT2D eigenvalue weighted by atomic mass is 9.82. The summed E-state index contributed by atoms with van der Waals surface area (Å²) in [5, 5.41) is 8.52. The van der Waals surface area contributed by atoms with Gasteiger partial charge in [0.25, 0.3) is 5.91 Å². The van der Waals surface area contributed by atoms with E-state index in [1.807, 2.05) is 0 Å². The zero-order chi connectivity index (χ0) is 24.3. The number of hydrazine groups is 1. The van der Waals surface area contributed by atoms with Crippen LogP contribution < -0.4 is 20.8 Å². The van der Waals surface area contributed by atoms with Gasteiger partial charge in [0.05, 0.1) is 30.8 Å². The lowest BCUT2D eigenvalue weighted by molar-refractivity contribution is -0.219. The first-order chi connectivity index (χ1) is 16.2. The van der Waals surface area contributed by atoms with Gasteiger partial charge in [-0.05, 0) is 43.9 Å². The Morgan fingerprint density at radius 2 is 1.97 bits per heavy atom. The molecular formula is C22H28ClF3N4O4. The molecule has 2 aliphatic heterocycles. The molecule has 2 heterocycles. The Labute approximate surface area is 200 Å². The molecule has 0 radical (unpaired) electrons. The first-order valence-electron chi connectivity index (χ1n) is 11.4. The van der Waals surface area contributed by atoms with Gasteiger partial charge in [-0.1, -0.05) is 11.6 Å². The van der Waals surface area contributed by atoms with Gasteiger partial charge < -0.3 is 20.1 Å². The van der Waals surface area contributed by atoms with Crippen molar-refractivity contribution in [2.75, 3.05) is 38.1 Å². The highest BCUT2D eigenvalue weighted by Crippen LogP contribution is 2.42. The van der Waals surface area contributed by atoms with E-state index in [2.05, 4.69) is 16.1 Å². The predicted molar refractivity (Wildman–Crippen MR) is 118 cm³/mol. The highest BCUT2D eigenvalue weighted by molar-refractivity contribution is 6.30. The van der Waals surface area contributed by atoms with Crippen molar-refractivity contribution in [1.82, 2.24) is 15.8 Å². The number of benzene rings is 1. The van der Waals surface area contributed by atoms with E-state index in [0.29, 0.717) is 49.8 Å². The number of carbonyl (C=O) groups excluding carboxylic acids is 2. The maximum atomic E-state index is 12.6. The second kappa shape index (κ2) is 10.6. The molecule has 8 nitrogen and oxygen atoms in total. The van der Waals surface area contributed by atoms with E-state index in [1.165, 1.54) is 0 Å². The molecule has 1 aliphatic carbocycles. The van der Waals surface area contributed by atoms with Crippen LogP contribution in [0.2, 0.25) is 5.02 Å². The molecular weight excluding hydrogens is 477 g/mol. The van der Waals surface area contributed by atoms with Crippen molar-refractivity contribution in [3.63, 3.8) is 0 Å². The Bertz CT molecular complexity index is 889. The van der Waals surface area contributed by atoms with Gasteiger partial charge in [0.1, 0.15) is 18.5 Å². The fourth-order valence-corrected chi connectivity index (χ4v) is 4.46. The molecule has 2 fully saturated rings. The molecule has 1 aromatic rings. The quantitative estimate of drug-likeness (QED) is 0.529. The molecule has 1 unspecified atom stereocenters. The minimum absolute atomic E-state index is 0.0518. The van der Waals surface area contributed by atoms with Crippen LogP contribution in [0.25, 0.3) is 0 Å². The number of nitrogens with one attached hydrogen (secondary N) is 3. The zero-order valence-electron chi connectivity index (χ0n) is 18.5. The van der Waals surface area contributed by atoms with Gasteiger partial charge in [0.15, 0.2) is 0 Å². The van der Waals surface area contributed by atoms with Crippen LogP contribution in [0, 0.1) is 11.8 Å². The van der Waals surface area contributed by atoms with Gasteiger partial charge in [0.2, 0.25) is 5.91 Å². The van der Waals surface area contributed by atoms with Crippen LogP contribution in [0.15, 0.2) is 18.2 Å². The average molecular weight is 505 g/mol. The smallest absolute Gasteiger partial charge is 0.392 e. The molecule has 0 bridgehead atoms. The maximum absolute atomic E-state index is 12.6. The summed E-state index contributed by atoms with van der Waals surface area (Å²) >= 11 is 5.98. The SMILES string of the molecule is O=C(COC1CC(C(F)(F)F)C1)NN1CCC(C(=O)NCC2CNc3cc(Cl)ccc3O2)CC1. The number of hydrogen-bond donors (Lipinski definition) is 3. The topological polar surface area (TPSA) is 91.9 Å². The van der Waals surface area contributed by atoms with Crippen molar-refractivity contribution in [1.29, 1.82) is 0 Å². The van der Waals surface area contributed by atoms with Crippen molar-refractivity contribution in [3.8, 4) is 5.75 Å². The Balaban J connectivity index is 1.10. The number of anilines is 1. The number of nitrogens with zero attached hydrogens (tertiary/aromatic N) is 1. The third-order valence-corrected chi connectivity index (χ3v) is 6.65. The van der Waals surface area contributed by atoms with Crippen LogP contribution in [0.3, 0.4) is 0 Å². The van der Waals surface area contributed by atoms with Crippen molar-refractivity contribution in [3.05, 3.63) is 23.2 Å². The van der Waals surface area contributed by atoms with Crippen molar-refractivity contribution >= 4 is 29.1 Å². The highest BCUT2D eigenvalue weighted by atomic mass is 35.5. The van der Waals surface area contributed by atoms with E-state index >= 15 is 0 Å². The summed E-state index contributed by atoms with van der Waals surface area (Å²) in [7, 11) is 0. The van der Waals surface area contributed by atoms with Gasteiger partial charge in [-0.25, -0.2) is 5.01 Å². The highest BCUT2D eigenvalue weighted by Gasteiger charge is 2.48. The molecule has 1 aromatic carbocycles. The van der Waals surface area contributed by atoms with E-state index in [9.17, 15) is 22.8 Å². The Morgan fingerprint density at radius 3 is 2.68 bits per heavy atom. The van der Waals surface area contributed by atoms with Crippen LogP contribution in [-0.2, 0) is 14.3 Å². The number of alkyl halides is 3. The van der Waals surface area contributed by atoms with Crippen LogP contribution >= 0.6 is 11.6 Å². The van der Waals surface area contributed by atoms with E-state index in [1.54, 1.807) is 23.2 Å². The number of piperidine rings is 1. The molecule has 1 saturated heterocycles. The Kier molecular flexibility index (Phi) is 7.73. The normalized spacial score (nSPS) is 25.4. The summed E-state index contributed by atoms with van der Waals surface area (Å²) in [4.78, 5) is 24.6. The summed E-state index contributed by atoms with van der Waals surface area (Å²) in [6.45, 7) is 1.65. The summed E-state index contributed by atoms with van der Waals surface area (Å²) in [5.41, 5.74) is 3.53. The van der Waals surface area contributed by atoms with E-state index < -0.39 is 24.1 Å². The number of hydrogen-bond acceptors (Lipinski definition) is 6. The van der Waals surface area contributed by atoms with Crippen molar-refractivity contribution in [2.24, 2.45) is 11.8 Å². The van der Waals surface area contributed by atoms with Crippen LogP contribution in [0.5, 0.6) is 5.75 Å². The molecule has 3 N–H and O–H groups in total. The summed E-state index contributed by atoms with van der Waals surface area (Å²) in [6, 6.07) is 5.33. The molecule has 188 valence electrons. The fraction of sp³-hybridized carbons (Fsp3) is 0.636. The minimum Gasteiger partial charge on any atom is -0.485 e. The fourth-order valence-electron chi connectivity index (χ4n) is 4.29. The number of ether oxygens (including phenoxy) is 2. The van der Waals surface area contributed by atoms with Gasteiger partial charge >= 0.3 is 6.18 Å². The molecule has 12 heteroatoms. The average Bonchev–Trinajstić information content (AvgIpc) is 2.76. The lowest BCUT2D eigenvalue weighted by Crippen LogP contribution is -2.51. The van der Waals surface area contributed by atoms with Crippen LogP contribution in [0.1, 0.15) is 25.7 Å². The molecule has 0 spiro atoms. The minimum atomic E-state index is -4.20. The molecule has 3 aliphatic rings.